The fraction of sp³-hybridized carbons (Fsp3) is 0.200. The molecule has 3 nitrogen and oxygen atoms in total. The Morgan fingerprint density at radius 2 is 2.14 bits per heavy atom. The second-order valence-electron chi connectivity index (χ2n) is 3.02. The van der Waals surface area contributed by atoms with Crippen LogP contribution in [0.4, 0.5) is 0 Å². The minimum absolute atomic E-state index is 0.150. The zero-order valence-electron chi connectivity index (χ0n) is 7.66. The Balaban J connectivity index is 2.83. The molecule has 0 bridgehead atoms. The number of rotatable bonds is 1. The highest BCUT2D eigenvalue weighted by atomic mass is 35.5. The molecule has 0 saturated carbocycles. The van der Waals surface area contributed by atoms with Crippen molar-refractivity contribution < 1.29 is 5.11 Å². The van der Waals surface area contributed by atoms with Crippen LogP contribution < -0.4 is 0 Å². The van der Waals surface area contributed by atoms with E-state index in [1.165, 1.54) is 0 Å². The number of hydrogen-bond donors (Lipinski definition) is 1. The first-order chi connectivity index (χ1) is 6.72. The van der Waals surface area contributed by atoms with Gasteiger partial charge in [0, 0.05) is 5.39 Å². The van der Waals surface area contributed by atoms with Gasteiger partial charge in [-0.25, -0.2) is 9.97 Å². The molecule has 0 aliphatic heterocycles. The second kappa shape index (κ2) is 3.52. The van der Waals surface area contributed by atoms with Crippen LogP contribution in [-0.4, -0.2) is 15.1 Å². The van der Waals surface area contributed by atoms with Gasteiger partial charge in [0.1, 0.15) is 6.61 Å². The molecule has 0 amide bonds. The van der Waals surface area contributed by atoms with Gasteiger partial charge in [0.15, 0.2) is 5.82 Å². The standard InChI is InChI=1S/C10H9ClN2O/c1-6-10-7(11)3-2-4-8(10)13-9(5-14)12-6/h2-4,14H,5H2,1H3. The number of aryl methyl sites for hydroxylation is 1. The van der Waals surface area contributed by atoms with Crippen LogP contribution in [0.15, 0.2) is 18.2 Å². The Kier molecular flexibility index (Phi) is 2.35. The van der Waals surface area contributed by atoms with Crippen LogP contribution in [0.3, 0.4) is 0 Å². The van der Waals surface area contributed by atoms with E-state index in [1.807, 2.05) is 19.1 Å². The molecule has 1 aromatic heterocycles. The van der Waals surface area contributed by atoms with Gasteiger partial charge < -0.3 is 5.11 Å². The molecule has 0 unspecified atom stereocenters. The third-order valence-corrected chi connectivity index (χ3v) is 2.36. The summed E-state index contributed by atoms with van der Waals surface area (Å²) in [4.78, 5) is 8.30. The number of fused-ring (bicyclic) bond motifs is 1. The first-order valence-electron chi connectivity index (χ1n) is 4.25. The highest BCUT2D eigenvalue weighted by Crippen LogP contribution is 2.24. The monoisotopic (exact) mass is 208 g/mol. The zero-order valence-corrected chi connectivity index (χ0v) is 8.41. The second-order valence-corrected chi connectivity index (χ2v) is 3.42. The molecule has 0 radical (unpaired) electrons. The largest absolute Gasteiger partial charge is 0.388 e. The van der Waals surface area contributed by atoms with E-state index in [2.05, 4.69) is 9.97 Å². The van der Waals surface area contributed by atoms with Gasteiger partial charge in [0.25, 0.3) is 0 Å². The number of benzene rings is 1. The van der Waals surface area contributed by atoms with E-state index in [0.29, 0.717) is 10.8 Å². The van der Waals surface area contributed by atoms with Gasteiger partial charge in [0.05, 0.1) is 16.2 Å². The minimum atomic E-state index is -0.150. The first-order valence-corrected chi connectivity index (χ1v) is 4.63. The molecule has 1 N–H and O–H groups in total. The fourth-order valence-corrected chi connectivity index (χ4v) is 1.75. The summed E-state index contributed by atoms with van der Waals surface area (Å²) in [5, 5.41) is 10.4. The number of aromatic nitrogens is 2. The van der Waals surface area contributed by atoms with Gasteiger partial charge in [-0.2, -0.15) is 0 Å². The quantitative estimate of drug-likeness (QED) is 0.781. The number of hydrogen-bond acceptors (Lipinski definition) is 3. The lowest BCUT2D eigenvalue weighted by Gasteiger charge is -2.04. The van der Waals surface area contributed by atoms with Crippen LogP contribution in [0.1, 0.15) is 11.5 Å². The topological polar surface area (TPSA) is 46.0 Å². The van der Waals surface area contributed by atoms with E-state index < -0.39 is 0 Å². The Morgan fingerprint density at radius 1 is 1.36 bits per heavy atom. The molecular formula is C10H9ClN2O. The SMILES string of the molecule is Cc1nc(CO)nc2cccc(Cl)c12. The molecule has 1 heterocycles. The maximum absolute atomic E-state index is 8.93. The summed E-state index contributed by atoms with van der Waals surface area (Å²) in [5.74, 6) is 0.428. The van der Waals surface area contributed by atoms with Gasteiger partial charge >= 0.3 is 0 Å². The molecule has 1 aromatic carbocycles. The maximum Gasteiger partial charge on any atom is 0.154 e. The Labute approximate surface area is 86.4 Å². The van der Waals surface area contributed by atoms with Gasteiger partial charge in [-0.15, -0.1) is 0 Å². The molecule has 72 valence electrons. The normalized spacial score (nSPS) is 10.8. The molecule has 0 atom stereocenters. The third-order valence-electron chi connectivity index (χ3n) is 2.04. The Hall–Kier alpha value is -1.19. The van der Waals surface area contributed by atoms with Gasteiger partial charge in [0.2, 0.25) is 0 Å². The molecule has 0 aliphatic carbocycles. The van der Waals surface area contributed by atoms with E-state index in [0.717, 1.165) is 16.6 Å². The summed E-state index contributed by atoms with van der Waals surface area (Å²) >= 11 is 6.02. The predicted octanol–water partition coefficient (Wildman–Crippen LogP) is 2.08. The molecule has 14 heavy (non-hydrogen) atoms. The summed E-state index contributed by atoms with van der Waals surface area (Å²) in [6.07, 6.45) is 0. The van der Waals surface area contributed by atoms with Crippen LogP contribution in [0.25, 0.3) is 10.9 Å². The predicted molar refractivity (Wildman–Crippen MR) is 55.2 cm³/mol. The lowest BCUT2D eigenvalue weighted by atomic mass is 10.2. The van der Waals surface area contributed by atoms with Crippen LogP contribution in [-0.2, 0) is 6.61 Å². The van der Waals surface area contributed by atoms with Gasteiger partial charge in [-0.1, -0.05) is 17.7 Å². The molecular weight excluding hydrogens is 200 g/mol. The van der Waals surface area contributed by atoms with E-state index in [-0.39, 0.29) is 6.61 Å². The summed E-state index contributed by atoms with van der Waals surface area (Å²) in [6, 6.07) is 5.49. The fourth-order valence-electron chi connectivity index (χ4n) is 1.45. The van der Waals surface area contributed by atoms with Gasteiger partial charge in [-0.3, -0.25) is 0 Å². The minimum Gasteiger partial charge on any atom is -0.388 e. The Morgan fingerprint density at radius 3 is 2.86 bits per heavy atom. The summed E-state index contributed by atoms with van der Waals surface area (Å²) in [6.45, 7) is 1.71. The number of halogens is 1. The van der Waals surface area contributed by atoms with Gasteiger partial charge in [-0.05, 0) is 19.1 Å². The molecule has 0 fully saturated rings. The number of aliphatic hydroxyl groups is 1. The summed E-state index contributed by atoms with van der Waals surface area (Å²) < 4.78 is 0. The number of nitrogens with zero attached hydrogens (tertiary/aromatic N) is 2. The third kappa shape index (κ3) is 1.45. The molecule has 2 aromatic rings. The molecule has 0 saturated heterocycles. The molecule has 0 spiro atoms. The van der Waals surface area contributed by atoms with E-state index in [9.17, 15) is 0 Å². The molecule has 0 aliphatic rings. The molecule has 2 rings (SSSR count). The van der Waals surface area contributed by atoms with Crippen molar-refractivity contribution in [3.63, 3.8) is 0 Å². The van der Waals surface area contributed by atoms with Crippen LogP contribution >= 0.6 is 11.6 Å². The average Bonchev–Trinajstić information content (AvgIpc) is 2.17. The first kappa shape index (κ1) is 9.37. The highest BCUT2D eigenvalue weighted by Gasteiger charge is 2.06. The Bertz CT molecular complexity index is 485. The smallest absolute Gasteiger partial charge is 0.154 e. The lowest BCUT2D eigenvalue weighted by molar-refractivity contribution is 0.271. The summed E-state index contributed by atoms with van der Waals surface area (Å²) in [5.41, 5.74) is 1.57. The van der Waals surface area contributed by atoms with E-state index >= 15 is 0 Å². The van der Waals surface area contributed by atoms with Crippen molar-refractivity contribution in [1.29, 1.82) is 0 Å². The summed E-state index contributed by atoms with van der Waals surface area (Å²) in [7, 11) is 0. The average molecular weight is 209 g/mol. The lowest BCUT2D eigenvalue weighted by Crippen LogP contribution is -1.98. The van der Waals surface area contributed by atoms with Crippen LogP contribution in [0, 0.1) is 6.92 Å². The number of aliphatic hydroxyl groups excluding tert-OH is 1. The highest BCUT2D eigenvalue weighted by molar-refractivity contribution is 6.35. The van der Waals surface area contributed by atoms with E-state index in [4.69, 9.17) is 16.7 Å². The van der Waals surface area contributed by atoms with Crippen molar-refractivity contribution in [2.24, 2.45) is 0 Å². The van der Waals surface area contributed by atoms with Crippen molar-refractivity contribution >= 4 is 22.5 Å². The van der Waals surface area contributed by atoms with Crippen molar-refractivity contribution in [3.8, 4) is 0 Å². The van der Waals surface area contributed by atoms with Crippen LogP contribution in [0.2, 0.25) is 5.02 Å². The van der Waals surface area contributed by atoms with Crippen LogP contribution in [0.5, 0.6) is 0 Å². The van der Waals surface area contributed by atoms with E-state index in [1.54, 1.807) is 6.07 Å². The van der Waals surface area contributed by atoms with Crippen molar-refractivity contribution in [3.05, 3.63) is 34.7 Å². The maximum atomic E-state index is 8.93. The van der Waals surface area contributed by atoms with Crippen molar-refractivity contribution in [1.82, 2.24) is 9.97 Å². The zero-order chi connectivity index (χ0) is 10.1. The van der Waals surface area contributed by atoms with Crippen molar-refractivity contribution in [2.45, 2.75) is 13.5 Å². The molecule has 4 heteroatoms. The van der Waals surface area contributed by atoms with Crippen molar-refractivity contribution in [2.75, 3.05) is 0 Å².